The zero-order valence-corrected chi connectivity index (χ0v) is 18.6. The molecule has 2 rings (SSSR count). The fraction of sp³-hybridized carbons (Fsp3) is 0.440. The standard InChI is InChI=1S/C25H34N2O2/c1-17(2)15-26-25(29)21(6)27(16-22-9-7-8-18(3)12-22)24(28)14-23-13-19(4)10-11-20(23)5/h7-13,17,21H,14-16H2,1-6H3,(H,26,29)/t21-/m0/s1. The number of amides is 2. The Morgan fingerprint density at radius 3 is 2.31 bits per heavy atom. The average Bonchev–Trinajstić information content (AvgIpc) is 2.66. The number of nitrogens with zero attached hydrogens (tertiary/aromatic N) is 1. The number of aryl methyl sites for hydroxylation is 3. The average molecular weight is 395 g/mol. The van der Waals surface area contributed by atoms with E-state index in [1.165, 1.54) is 0 Å². The third kappa shape index (κ3) is 6.74. The first kappa shape index (κ1) is 22.7. The molecule has 2 amide bonds. The van der Waals surface area contributed by atoms with Gasteiger partial charge in [0.25, 0.3) is 0 Å². The number of carbonyl (C=O) groups excluding carboxylic acids is 2. The Hall–Kier alpha value is -2.62. The first-order chi connectivity index (χ1) is 13.7. The van der Waals surface area contributed by atoms with Crippen molar-refractivity contribution in [3.63, 3.8) is 0 Å². The lowest BCUT2D eigenvalue weighted by molar-refractivity contribution is -0.140. The third-order valence-electron chi connectivity index (χ3n) is 5.13. The molecule has 1 N–H and O–H groups in total. The zero-order chi connectivity index (χ0) is 21.6. The number of benzene rings is 2. The maximum atomic E-state index is 13.3. The molecule has 29 heavy (non-hydrogen) atoms. The molecule has 0 saturated carbocycles. The van der Waals surface area contributed by atoms with Crippen molar-refractivity contribution in [2.45, 2.75) is 60.5 Å². The van der Waals surface area contributed by atoms with Gasteiger partial charge in [0.15, 0.2) is 0 Å². The lowest BCUT2D eigenvalue weighted by Gasteiger charge is -2.29. The molecule has 1 atom stereocenters. The number of hydrogen-bond donors (Lipinski definition) is 1. The van der Waals surface area contributed by atoms with Crippen molar-refractivity contribution >= 4 is 11.8 Å². The molecule has 0 fully saturated rings. The van der Waals surface area contributed by atoms with Gasteiger partial charge in [0, 0.05) is 13.1 Å². The minimum Gasteiger partial charge on any atom is -0.354 e. The van der Waals surface area contributed by atoms with Crippen LogP contribution in [0.25, 0.3) is 0 Å². The summed E-state index contributed by atoms with van der Waals surface area (Å²) in [5.74, 6) is 0.218. The Morgan fingerprint density at radius 1 is 0.966 bits per heavy atom. The normalized spacial score (nSPS) is 12.0. The minimum atomic E-state index is -0.535. The summed E-state index contributed by atoms with van der Waals surface area (Å²) in [4.78, 5) is 27.7. The van der Waals surface area contributed by atoms with E-state index in [1.807, 2.05) is 52.0 Å². The van der Waals surface area contributed by atoms with Crippen molar-refractivity contribution in [1.29, 1.82) is 0 Å². The van der Waals surface area contributed by atoms with E-state index in [4.69, 9.17) is 0 Å². The highest BCUT2D eigenvalue weighted by molar-refractivity contribution is 5.88. The quantitative estimate of drug-likeness (QED) is 0.724. The van der Waals surface area contributed by atoms with E-state index in [9.17, 15) is 9.59 Å². The Labute approximate surface area is 175 Å². The maximum absolute atomic E-state index is 13.3. The minimum absolute atomic E-state index is 0.0348. The predicted octanol–water partition coefficient (Wildman–Crippen LogP) is 4.34. The van der Waals surface area contributed by atoms with Crippen molar-refractivity contribution in [1.82, 2.24) is 10.2 Å². The van der Waals surface area contributed by atoms with Crippen LogP contribution in [0.1, 0.15) is 48.6 Å². The summed E-state index contributed by atoms with van der Waals surface area (Å²) in [6.07, 6.45) is 0.293. The van der Waals surface area contributed by atoms with Gasteiger partial charge in [0.2, 0.25) is 11.8 Å². The van der Waals surface area contributed by atoms with Gasteiger partial charge in [-0.15, -0.1) is 0 Å². The van der Waals surface area contributed by atoms with E-state index >= 15 is 0 Å². The highest BCUT2D eigenvalue weighted by Gasteiger charge is 2.26. The van der Waals surface area contributed by atoms with Crippen LogP contribution in [0.4, 0.5) is 0 Å². The first-order valence-electron chi connectivity index (χ1n) is 10.4. The summed E-state index contributed by atoms with van der Waals surface area (Å²) < 4.78 is 0. The molecule has 0 heterocycles. The molecule has 2 aromatic rings. The largest absolute Gasteiger partial charge is 0.354 e. The fourth-order valence-electron chi connectivity index (χ4n) is 3.30. The van der Waals surface area contributed by atoms with Gasteiger partial charge in [-0.3, -0.25) is 9.59 Å². The third-order valence-corrected chi connectivity index (χ3v) is 5.13. The van der Waals surface area contributed by atoms with Crippen molar-refractivity contribution in [3.8, 4) is 0 Å². The van der Waals surface area contributed by atoms with Crippen molar-refractivity contribution in [2.75, 3.05) is 6.54 Å². The van der Waals surface area contributed by atoms with Gasteiger partial charge in [0.05, 0.1) is 6.42 Å². The topological polar surface area (TPSA) is 49.4 Å². The van der Waals surface area contributed by atoms with Crippen LogP contribution in [0, 0.1) is 26.7 Å². The summed E-state index contributed by atoms with van der Waals surface area (Å²) in [5, 5.41) is 2.97. The van der Waals surface area contributed by atoms with E-state index in [2.05, 4.69) is 37.4 Å². The van der Waals surface area contributed by atoms with Crippen LogP contribution in [0.2, 0.25) is 0 Å². The molecule has 0 unspecified atom stereocenters. The van der Waals surface area contributed by atoms with Gasteiger partial charge >= 0.3 is 0 Å². The summed E-state index contributed by atoms with van der Waals surface area (Å²) >= 11 is 0. The van der Waals surface area contributed by atoms with Crippen LogP contribution in [0.5, 0.6) is 0 Å². The van der Waals surface area contributed by atoms with E-state index in [0.717, 1.165) is 27.8 Å². The monoisotopic (exact) mass is 394 g/mol. The summed E-state index contributed by atoms with van der Waals surface area (Å²) in [7, 11) is 0. The second-order valence-corrected chi connectivity index (χ2v) is 8.43. The summed E-state index contributed by atoms with van der Waals surface area (Å²) in [5.41, 5.74) is 5.41. The fourth-order valence-corrected chi connectivity index (χ4v) is 3.30. The molecule has 2 aromatic carbocycles. The molecular formula is C25H34N2O2. The van der Waals surface area contributed by atoms with Gasteiger partial charge in [-0.2, -0.15) is 0 Å². The van der Waals surface area contributed by atoms with Crippen molar-refractivity contribution in [3.05, 3.63) is 70.3 Å². The van der Waals surface area contributed by atoms with Crippen LogP contribution in [-0.2, 0) is 22.6 Å². The highest BCUT2D eigenvalue weighted by atomic mass is 16.2. The predicted molar refractivity (Wildman–Crippen MR) is 119 cm³/mol. The molecule has 0 saturated heterocycles. The Morgan fingerprint density at radius 2 is 1.66 bits per heavy atom. The molecule has 0 aliphatic rings. The van der Waals surface area contributed by atoms with Crippen LogP contribution in [-0.4, -0.2) is 29.3 Å². The Kier molecular flexibility index (Phi) is 8.00. The number of carbonyl (C=O) groups is 2. The van der Waals surface area contributed by atoms with Crippen molar-refractivity contribution in [2.24, 2.45) is 5.92 Å². The zero-order valence-electron chi connectivity index (χ0n) is 18.6. The van der Waals surface area contributed by atoms with E-state index in [-0.39, 0.29) is 11.8 Å². The molecule has 0 bridgehead atoms. The van der Waals surface area contributed by atoms with E-state index < -0.39 is 6.04 Å². The molecule has 0 aliphatic heterocycles. The number of nitrogens with one attached hydrogen (secondary N) is 1. The second-order valence-electron chi connectivity index (χ2n) is 8.43. The second kappa shape index (κ2) is 10.2. The van der Waals surface area contributed by atoms with Crippen LogP contribution in [0.15, 0.2) is 42.5 Å². The molecule has 0 aromatic heterocycles. The molecule has 0 aliphatic carbocycles. The van der Waals surface area contributed by atoms with Gasteiger partial charge in [-0.1, -0.05) is 67.4 Å². The lowest BCUT2D eigenvalue weighted by Crippen LogP contribution is -2.48. The molecule has 0 spiro atoms. The maximum Gasteiger partial charge on any atom is 0.242 e. The molecule has 4 nitrogen and oxygen atoms in total. The lowest BCUT2D eigenvalue weighted by atomic mass is 10.0. The smallest absolute Gasteiger partial charge is 0.242 e. The van der Waals surface area contributed by atoms with Crippen LogP contribution < -0.4 is 5.32 Å². The molecular weight excluding hydrogens is 360 g/mol. The number of hydrogen-bond acceptors (Lipinski definition) is 2. The molecule has 156 valence electrons. The van der Waals surface area contributed by atoms with Gasteiger partial charge in [0.1, 0.15) is 6.04 Å². The first-order valence-corrected chi connectivity index (χ1v) is 10.4. The van der Waals surface area contributed by atoms with E-state index in [1.54, 1.807) is 4.90 Å². The molecule has 4 heteroatoms. The Balaban J connectivity index is 2.25. The molecule has 0 radical (unpaired) electrons. The summed E-state index contributed by atoms with van der Waals surface area (Å²) in [6.45, 7) is 13.0. The SMILES string of the molecule is Cc1cccc(CN(C(=O)Cc2cc(C)ccc2C)[C@@H](C)C(=O)NCC(C)C)c1. The van der Waals surface area contributed by atoms with Gasteiger partial charge in [-0.05, 0) is 50.3 Å². The highest BCUT2D eigenvalue weighted by Crippen LogP contribution is 2.16. The van der Waals surface area contributed by atoms with Gasteiger partial charge < -0.3 is 10.2 Å². The van der Waals surface area contributed by atoms with E-state index in [0.29, 0.717) is 25.4 Å². The van der Waals surface area contributed by atoms with Crippen LogP contribution in [0.3, 0.4) is 0 Å². The number of rotatable bonds is 8. The Bertz CT molecular complexity index is 858. The van der Waals surface area contributed by atoms with Gasteiger partial charge in [-0.25, -0.2) is 0 Å². The summed E-state index contributed by atoms with van der Waals surface area (Å²) in [6, 6.07) is 13.7. The van der Waals surface area contributed by atoms with Crippen molar-refractivity contribution < 1.29 is 9.59 Å². The van der Waals surface area contributed by atoms with Crippen LogP contribution >= 0.6 is 0 Å².